The molecule has 3 aromatic rings. The van der Waals surface area contributed by atoms with Gasteiger partial charge >= 0.3 is 6.03 Å². The van der Waals surface area contributed by atoms with Gasteiger partial charge in [-0.2, -0.15) is 0 Å². The summed E-state index contributed by atoms with van der Waals surface area (Å²) in [5.41, 5.74) is 1.32. The van der Waals surface area contributed by atoms with E-state index in [0.29, 0.717) is 30.1 Å². The maximum Gasteiger partial charge on any atom is 0.319 e. The van der Waals surface area contributed by atoms with Crippen LogP contribution in [0.4, 0.5) is 16.2 Å². The molecule has 0 aliphatic carbocycles. The zero-order valence-corrected chi connectivity index (χ0v) is 14.1. The lowest BCUT2D eigenvalue weighted by molar-refractivity contribution is -0.115. The SMILES string of the molecule is O=C(Cc1cccs1)Nc1ccc(NC(=O)NCc2ccco2)cc1. The van der Waals surface area contributed by atoms with Gasteiger partial charge in [0, 0.05) is 16.3 Å². The van der Waals surface area contributed by atoms with Crippen molar-refractivity contribution in [3.05, 3.63) is 70.8 Å². The van der Waals surface area contributed by atoms with Crippen LogP contribution >= 0.6 is 11.3 Å². The standard InChI is InChI=1S/C18H17N3O3S/c22-17(11-16-4-2-10-25-16)20-13-5-7-14(8-6-13)21-18(23)19-12-15-3-1-9-24-15/h1-10H,11-12H2,(H,20,22)(H2,19,21,23). The molecule has 0 aliphatic heterocycles. The van der Waals surface area contributed by atoms with Crippen molar-refractivity contribution in [3.8, 4) is 0 Å². The second-order valence-electron chi connectivity index (χ2n) is 5.27. The fourth-order valence-corrected chi connectivity index (χ4v) is 2.87. The highest BCUT2D eigenvalue weighted by atomic mass is 32.1. The number of hydrogen-bond donors (Lipinski definition) is 3. The number of thiophene rings is 1. The predicted octanol–water partition coefficient (Wildman–Crippen LogP) is 3.84. The molecule has 0 unspecified atom stereocenters. The van der Waals surface area contributed by atoms with Crippen LogP contribution in [0, 0.1) is 0 Å². The zero-order chi connectivity index (χ0) is 17.5. The number of amides is 3. The van der Waals surface area contributed by atoms with Crippen molar-refractivity contribution in [1.29, 1.82) is 0 Å². The van der Waals surface area contributed by atoms with Crippen molar-refractivity contribution >= 4 is 34.6 Å². The maximum absolute atomic E-state index is 11.9. The van der Waals surface area contributed by atoms with Crippen LogP contribution in [-0.4, -0.2) is 11.9 Å². The lowest BCUT2D eigenvalue weighted by Crippen LogP contribution is -2.27. The normalized spacial score (nSPS) is 10.2. The van der Waals surface area contributed by atoms with Crippen molar-refractivity contribution in [2.24, 2.45) is 0 Å². The van der Waals surface area contributed by atoms with E-state index in [0.717, 1.165) is 4.88 Å². The Kier molecular flexibility index (Phi) is 5.48. The average Bonchev–Trinajstić information content (AvgIpc) is 3.28. The number of hydrogen-bond acceptors (Lipinski definition) is 4. The van der Waals surface area contributed by atoms with Gasteiger partial charge in [-0.15, -0.1) is 11.3 Å². The third-order valence-electron chi connectivity index (χ3n) is 3.34. The van der Waals surface area contributed by atoms with Gasteiger partial charge < -0.3 is 20.4 Å². The fraction of sp³-hybridized carbons (Fsp3) is 0.111. The smallest absolute Gasteiger partial charge is 0.319 e. The number of benzene rings is 1. The van der Waals surface area contributed by atoms with Crippen molar-refractivity contribution < 1.29 is 14.0 Å². The number of urea groups is 1. The van der Waals surface area contributed by atoms with Gasteiger partial charge in [0.05, 0.1) is 19.2 Å². The Hall–Kier alpha value is -3.06. The Morgan fingerprint density at radius 3 is 2.36 bits per heavy atom. The molecule has 1 aromatic carbocycles. The van der Waals surface area contributed by atoms with Crippen LogP contribution in [0.5, 0.6) is 0 Å². The van der Waals surface area contributed by atoms with E-state index in [1.54, 1.807) is 54.0 Å². The summed E-state index contributed by atoms with van der Waals surface area (Å²) < 4.78 is 5.14. The number of nitrogens with one attached hydrogen (secondary N) is 3. The summed E-state index contributed by atoms with van der Waals surface area (Å²) in [6.45, 7) is 0.315. The minimum absolute atomic E-state index is 0.0700. The molecule has 0 spiro atoms. The number of carbonyl (C=O) groups is 2. The van der Waals surface area contributed by atoms with Gasteiger partial charge in [-0.3, -0.25) is 4.79 Å². The molecule has 0 atom stereocenters. The molecule has 6 nitrogen and oxygen atoms in total. The Morgan fingerprint density at radius 2 is 1.72 bits per heavy atom. The van der Waals surface area contributed by atoms with Crippen molar-refractivity contribution in [2.45, 2.75) is 13.0 Å². The summed E-state index contributed by atoms with van der Waals surface area (Å²) in [6, 6.07) is 14.0. The van der Waals surface area contributed by atoms with Gasteiger partial charge in [0.15, 0.2) is 0 Å². The first-order valence-electron chi connectivity index (χ1n) is 7.68. The molecule has 2 aromatic heterocycles. The topological polar surface area (TPSA) is 83.4 Å². The number of rotatable bonds is 6. The summed E-state index contributed by atoms with van der Waals surface area (Å²) in [5.74, 6) is 0.610. The summed E-state index contributed by atoms with van der Waals surface area (Å²) in [5, 5.41) is 10.2. The van der Waals surface area contributed by atoms with Crippen molar-refractivity contribution in [2.75, 3.05) is 10.6 Å². The van der Waals surface area contributed by atoms with E-state index < -0.39 is 0 Å². The molecule has 3 rings (SSSR count). The number of furan rings is 1. The average molecular weight is 355 g/mol. The Morgan fingerprint density at radius 1 is 0.960 bits per heavy atom. The molecule has 0 radical (unpaired) electrons. The van der Waals surface area contributed by atoms with Gasteiger partial charge in [0.2, 0.25) is 5.91 Å². The second kappa shape index (κ2) is 8.16. The van der Waals surface area contributed by atoms with Crippen LogP contribution in [0.1, 0.15) is 10.6 Å². The van der Waals surface area contributed by atoms with E-state index in [1.165, 1.54) is 0 Å². The lowest BCUT2D eigenvalue weighted by Gasteiger charge is -2.08. The van der Waals surface area contributed by atoms with E-state index >= 15 is 0 Å². The molecular weight excluding hydrogens is 338 g/mol. The van der Waals surface area contributed by atoms with E-state index in [1.807, 2.05) is 17.5 Å². The van der Waals surface area contributed by atoms with Gasteiger partial charge in [-0.1, -0.05) is 6.07 Å². The first-order chi connectivity index (χ1) is 12.2. The van der Waals surface area contributed by atoms with Gasteiger partial charge in [-0.25, -0.2) is 4.79 Å². The highest BCUT2D eigenvalue weighted by molar-refractivity contribution is 7.10. The molecular formula is C18H17N3O3S. The van der Waals surface area contributed by atoms with Crippen LogP contribution in [0.3, 0.4) is 0 Å². The van der Waals surface area contributed by atoms with Crippen LogP contribution < -0.4 is 16.0 Å². The van der Waals surface area contributed by atoms with Crippen LogP contribution in [0.25, 0.3) is 0 Å². The van der Waals surface area contributed by atoms with E-state index in [2.05, 4.69) is 16.0 Å². The van der Waals surface area contributed by atoms with Gasteiger partial charge in [0.1, 0.15) is 5.76 Å². The third kappa shape index (κ3) is 5.22. The van der Waals surface area contributed by atoms with Gasteiger partial charge in [-0.05, 0) is 47.8 Å². The molecule has 2 heterocycles. The lowest BCUT2D eigenvalue weighted by atomic mass is 10.2. The zero-order valence-electron chi connectivity index (χ0n) is 13.3. The monoisotopic (exact) mass is 355 g/mol. The molecule has 0 aliphatic rings. The molecule has 7 heteroatoms. The summed E-state index contributed by atoms with van der Waals surface area (Å²) in [6.07, 6.45) is 1.91. The molecule has 0 fully saturated rings. The molecule has 3 N–H and O–H groups in total. The maximum atomic E-state index is 11.9. The molecule has 3 amide bonds. The third-order valence-corrected chi connectivity index (χ3v) is 4.22. The van der Waals surface area contributed by atoms with Crippen molar-refractivity contribution in [1.82, 2.24) is 5.32 Å². The Bertz CT molecular complexity index is 812. The molecule has 25 heavy (non-hydrogen) atoms. The fourth-order valence-electron chi connectivity index (χ4n) is 2.17. The molecule has 0 bridgehead atoms. The Labute approximate surface area is 148 Å². The van der Waals surface area contributed by atoms with Crippen LogP contribution in [0.2, 0.25) is 0 Å². The summed E-state index contributed by atoms with van der Waals surface area (Å²) in [7, 11) is 0. The number of anilines is 2. The minimum Gasteiger partial charge on any atom is -0.467 e. The highest BCUT2D eigenvalue weighted by Crippen LogP contribution is 2.15. The molecule has 128 valence electrons. The predicted molar refractivity (Wildman–Crippen MR) is 97.7 cm³/mol. The first-order valence-corrected chi connectivity index (χ1v) is 8.56. The molecule has 0 saturated heterocycles. The summed E-state index contributed by atoms with van der Waals surface area (Å²) in [4.78, 5) is 24.8. The number of carbonyl (C=O) groups excluding carboxylic acids is 2. The van der Waals surface area contributed by atoms with E-state index in [4.69, 9.17) is 4.42 Å². The van der Waals surface area contributed by atoms with Crippen LogP contribution in [-0.2, 0) is 17.8 Å². The van der Waals surface area contributed by atoms with Gasteiger partial charge in [0.25, 0.3) is 0 Å². The largest absolute Gasteiger partial charge is 0.467 e. The molecule has 0 saturated carbocycles. The Balaban J connectivity index is 1.46. The summed E-state index contributed by atoms with van der Waals surface area (Å²) >= 11 is 1.55. The van der Waals surface area contributed by atoms with E-state index in [9.17, 15) is 9.59 Å². The van der Waals surface area contributed by atoms with E-state index in [-0.39, 0.29) is 11.9 Å². The first kappa shape index (κ1) is 16.8. The highest BCUT2D eigenvalue weighted by Gasteiger charge is 2.06. The van der Waals surface area contributed by atoms with Crippen LogP contribution in [0.15, 0.2) is 64.6 Å². The quantitative estimate of drug-likeness (QED) is 0.628. The minimum atomic E-state index is -0.328. The van der Waals surface area contributed by atoms with Crippen molar-refractivity contribution in [3.63, 3.8) is 0 Å². The second-order valence-corrected chi connectivity index (χ2v) is 6.30.